The molecule has 3 heterocycles. The molecule has 0 saturated carbocycles. The van der Waals surface area contributed by atoms with E-state index in [1.807, 2.05) is 19.9 Å². The van der Waals surface area contributed by atoms with Crippen LogP contribution < -0.4 is 0 Å². The van der Waals surface area contributed by atoms with Gasteiger partial charge >= 0.3 is 0 Å². The number of aryl methyl sites for hydroxylation is 1. The quantitative estimate of drug-likeness (QED) is 0.761. The van der Waals surface area contributed by atoms with Crippen molar-refractivity contribution in [2.24, 2.45) is 0 Å². The number of ether oxygens (including phenoxy) is 1. The number of benzene rings is 1. The number of aromatic nitrogens is 3. The van der Waals surface area contributed by atoms with Gasteiger partial charge in [-0.3, -0.25) is 4.90 Å². The summed E-state index contributed by atoms with van der Waals surface area (Å²) in [5.74, 6) is 0.318. The first-order valence-corrected chi connectivity index (χ1v) is 9.44. The molecule has 4 rings (SSSR count). The third kappa shape index (κ3) is 2.98. The number of nitrogens with zero attached hydrogens (tertiary/aromatic N) is 4. The van der Waals surface area contributed by atoms with E-state index in [-0.39, 0.29) is 23.9 Å². The summed E-state index contributed by atoms with van der Waals surface area (Å²) in [6.07, 6.45) is 0.0548. The molecule has 1 N–H and O–H groups in total. The molecule has 1 aliphatic rings. The monoisotopic (exact) mass is 376 g/mol. The number of fused-ring (bicyclic) bond motifs is 1. The molecule has 3 atom stereocenters. The van der Waals surface area contributed by atoms with Crippen LogP contribution in [0.3, 0.4) is 0 Å². The van der Waals surface area contributed by atoms with Crippen LogP contribution in [0, 0.1) is 12.7 Å². The van der Waals surface area contributed by atoms with Gasteiger partial charge in [-0.1, -0.05) is 29.5 Å². The van der Waals surface area contributed by atoms with Crippen LogP contribution in [0.2, 0.25) is 0 Å². The van der Waals surface area contributed by atoms with Gasteiger partial charge in [0.05, 0.1) is 23.1 Å². The Morgan fingerprint density at radius 1 is 1.27 bits per heavy atom. The maximum Gasteiger partial charge on any atom is 0.230 e. The van der Waals surface area contributed by atoms with Crippen molar-refractivity contribution in [1.82, 2.24) is 19.5 Å². The van der Waals surface area contributed by atoms with E-state index in [9.17, 15) is 9.50 Å². The van der Waals surface area contributed by atoms with Gasteiger partial charge in [-0.2, -0.15) is 4.52 Å². The summed E-state index contributed by atoms with van der Waals surface area (Å²) in [6, 6.07) is 6.29. The fraction of sp³-hybridized carbons (Fsp3) is 0.444. The summed E-state index contributed by atoms with van der Waals surface area (Å²) in [6.45, 7) is 7.09. The average molecular weight is 376 g/mol. The fourth-order valence-electron chi connectivity index (χ4n) is 3.66. The van der Waals surface area contributed by atoms with Crippen molar-refractivity contribution in [3.8, 4) is 5.88 Å². The topological polar surface area (TPSA) is 62.9 Å². The normalized spacial score (nSPS) is 22.8. The molecule has 1 aliphatic heterocycles. The molecule has 8 heteroatoms. The molecule has 0 unspecified atom stereocenters. The lowest BCUT2D eigenvalue weighted by atomic mass is 10.0. The Hall–Kier alpha value is -2.03. The van der Waals surface area contributed by atoms with Crippen LogP contribution in [0.25, 0.3) is 4.96 Å². The van der Waals surface area contributed by atoms with E-state index in [4.69, 9.17) is 4.74 Å². The van der Waals surface area contributed by atoms with E-state index >= 15 is 0 Å². The lowest BCUT2D eigenvalue weighted by molar-refractivity contribution is -0.0767. The lowest BCUT2D eigenvalue weighted by Gasteiger charge is -2.40. The minimum Gasteiger partial charge on any atom is -0.492 e. The van der Waals surface area contributed by atoms with Gasteiger partial charge in [-0.15, -0.1) is 5.10 Å². The fourth-order valence-corrected chi connectivity index (χ4v) is 4.81. The second-order valence-electron chi connectivity index (χ2n) is 6.78. The summed E-state index contributed by atoms with van der Waals surface area (Å²) in [5, 5.41) is 15.0. The van der Waals surface area contributed by atoms with E-state index in [0.29, 0.717) is 34.3 Å². The molecule has 0 bridgehead atoms. The first-order valence-electron chi connectivity index (χ1n) is 8.63. The number of rotatable bonds is 3. The first-order chi connectivity index (χ1) is 12.4. The minimum atomic E-state index is -0.418. The first kappa shape index (κ1) is 17.4. The molecular formula is C18H21FN4O2S. The molecule has 1 fully saturated rings. The average Bonchev–Trinajstić information content (AvgIpc) is 3.07. The van der Waals surface area contributed by atoms with Crippen molar-refractivity contribution in [2.75, 3.05) is 13.1 Å². The minimum absolute atomic E-state index is 0.0191. The van der Waals surface area contributed by atoms with E-state index in [2.05, 4.69) is 15.0 Å². The van der Waals surface area contributed by atoms with Crippen LogP contribution in [0.1, 0.15) is 36.2 Å². The Morgan fingerprint density at radius 2 is 1.96 bits per heavy atom. The van der Waals surface area contributed by atoms with E-state index in [1.54, 1.807) is 19.1 Å². The molecule has 0 amide bonds. The highest BCUT2D eigenvalue weighted by atomic mass is 32.1. The second kappa shape index (κ2) is 6.61. The maximum absolute atomic E-state index is 14.7. The highest BCUT2D eigenvalue weighted by Gasteiger charge is 2.35. The predicted molar refractivity (Wildman–Crippen MR) is 97.1 cm³/mol. The van der Waals surface area contributed by atoms with Crippen LogP contribution in [-0.2, 0) is 4.74 Å². The van der Waals surface area contributed by atoms with E-state index < -0.39 is 6.04 Å². The number of hydrogen-bond donors (Lipinski definition) is 1. The van der Waals surface area contributed by atoms with Crippen molar-refractivity contribution in [1.29, 1.82) is 0 Å². The van der Waals surface area contributed by atoms with Crippen molar-refractivity contribution in [3.05, 3.63) is 46.3 Å². The van der Waals surface area contributed by atoms with Crippen LogP contribution in [0.4, 0.5) is 4.39 Å². The Kier molecular flexibility index (Phi) is 4.42. The molecule has 0 aliphatic carbocycles. The molecule has 0 radical (unpaired) electrons. The van der Waals surface area contributed by atoms with Gasteiger partial charge in [0.2, 0.25) is 10.8 Å². The zero-order chi connectivity index (χ0) is 18.4. The maximum atomic E-state index is 14.7. The summed E-state index contributed by atoms with van der Waals surface area (Å²) < 4.78 is 21.9. The smallest absolute Gasteiger partial charge is 0.230 e. The van der Waals surface area contributed by atoms with Crippen LogP contribution in [0.5, 0.6) is 5.88 Å². The molecule has 0 spiro atoms. The molecule has 3 aromatic rings. The Bertz CT molecular complexity index is 931. The Labute approximate surface area is 154 Å². The third-order valence-corrected chi connectivity index (χ3v) is 5.64. The molecule has 26 heavy (non-hydrogen) atoms. The van der Waals surface area contributed by atoms with Gasteiger partial charge < -0.3 is 9.84 Å². The van der Waals surface area contributed by atoms with Gasteiger partial charge in [0.15, 0.2) is 0 Å². The standard InChI is InChI=1S/C18H21FN4O2S/c1-10-8-22(9-11(2)25-10)15(13-6-4-5-7-14(13)19)16-17(24)23-18(26-16)20-12(3)21-23/h4-7,10-11,15,24H,8-9H2,1-3H3/t10-,11-,15+/m1/s1. The van der Waals surface area contributed by atoms with Crippen LogP contribution in [0.15, 0.2) is 24.3 Å². The van der Waals surface area contributed by atoms with Crippen molar-refractivity contribution >= 4 is 16.3 Å². The van der Waals surface area contributed by atoms with Gasteiger partial charge in [0.25, 0.3) is 0 Å². The Morgan fingerprint density at radius 3 is 2.62 bits per heavy atom. The lowest BCUT2D eigenvalue weighted by Crippen LogP contribution is -2.47. The predicted octanol–water partition coefficient (Wildman–Crippen LogP) is 3.14. The zero-order valence-corrected chi connectivity index (χ0v) is 15.7. The third-order valence-electron chi connectivity index (χ3n) is 4.57. The highest BCUT2D eigenvalue weighted by Crippen LogP contribution is 2.41. The number of halogens is 1. The molecule has 6 nitrogen and oxygen atoms in total. The van der Waals surface area contributed by atoms with Gasteiger partial charge in [0, 0.05) is 18.7 Å². The highest BCUT2D eigenvalue weighted by molar-refractivity contribution is 7.17. The SMILES string of the molecule is Cc1nc2sc([C@H](c3ccccc3F)N3C[C@@H](C)O[C@H](C)C3)c(O)n2n1. The van der Waals surface area contributed by atoms with E-state index in [1.165, 1.54) is 21.9 Å². The molecule has 1 aromatic carbocycles. The van der Waals surface area contributed by atoms with Gasteiger partial charge in [-0.25, -0.2) is 9.37 Å². The molecular weight excluding hydrogens is 355 g/mol. The zero-order valence-electron chi connectivity index (χ0n) is 14.9. The molecule has 138 valence electrons. The number of morpholine rings is 1. The number of hydrogen-bond acceptors (Lipinski definition) is 6. The molecule has 1 saturated heterocycles. The largest absolute Gasteiger partial charge is 0.492 e. The summed E-state index contributed by atoms with van der Waals surface area (Å²) in [4.78, 5) is 7.75. The Balaban J connectivity index is 1.85. The summed E-state index contributed by atoms with van der Waals surface area (Å²) >= 11 is 1.34. The number of thiazole rings is 1. The van der Waals surface area contributed by atoms with Gasteiger partial charge in [0.1, 0.15) is 11.6 Å². The van der Waals surface area contributed by atoms with Crippen LogP contribution >= 0.6 is 11.3 Å². The summed E-state index contributed by atoms with van der Waals surface area (Å²) in [5.41, 5.74) is 0.533. The summed E-state index contributed by atoms with van der Waals surface area (Å²) in [7, 11) is 0. The number of aromatic hydroxyl groups is 1. The van der Waals surface area contributed by atoms with Crippen molar-refractivity contribution < 1.29 is 14.2 Å². The second-order valence-corrected chi connectivity index (χ2v) is 7.79. The van der Waals surface area contributed by atoms with Crippen molar-refractivity contribution in [2.45, 2.75) is 39.0 Å². The molecule has 2 aromatic heterocycles. The van der Waals surface area contributed by atoms with Crippen LogP contribution in [-0.4, -0.2) is 49.9 Å². The van der Waals surface area contributed by atoms with E-state index in [0.717, 1.165) is 0 Å². The van der Waals surface area contributed by atoms with Crippen molar-refractivity contribution in [3.63, 3.8) is 0 Å². The van der Waals surface area contributed by atoms with Gasteiger partial charge in [-0.05, 0) is 26.8 Å².